The number of imide groups is 1. The van der Waals surface area contributed by atoms with E-state index in [0.29, 0.717) is 5.76 Å². The van der Waals surface area contributed by atoms with Crippen LogP contribution in [0.3, 0.4) is 0 Å². The van der Waals surface area contributed by atoms with Crippen LogP contribution in [0.4, 0.5) is 4.79 Å². The standard InChI is InChI=1S/C13H22N4O3/c1-14-6-4-7-17(2)10-12(18)16-13(19)15-9-11-5-3-8-20-11/h3,5,8,14H,4,6-7,9-10H2,1-2H3,(H2,15,16,18,19). The van der Waals surface area contributed by atoms with Gasteiger partial charge in [-0.1, -0.05) is 0 Å². The Bertz CT molecular complexity index is 406. The second-order valence-corrected chi connectivity index (χ2v) is 4.51. The Kier molecular flexibility index (Phi) is 7.38. The van der Waals surface area contributed by atoms with Gasteiger partial charge in [-0.3, -0.25) is 15.0 Å². The minimum atomic E-state index is -0.518. The van der Waals surface area contributed by atoms with Gasteiger partial charge >= 0.3 is 6.03 Å². The van der Waals surface area contributed by atoms with E-state index in [1.54, 1.807) is 12.1 Å². The Morgan fingerprint density at radius 2 is 2.20 bits per heavy atom. The predicted molar refractivity (Wildman–Crippen MR) is 75.1 cm³/mol. The molecule has 1 aromatic rings. The SMILES string of the molecule is CNCCCN(C)CC(=O)NC(=O)NCc1ccco1. The van der Waals surface area contributed by atoms with Crippen molar-refractivity contribution in [1.29, 1.82) is 0 Å². The molecular weight excluding hydrogens is 260 g/mol. The predicted octanol–water partition coefficient (Wildman–Crippen LogP) is 0.147. The van der Waals surface area contributed by atoms with Gasteiger partial charge in [-0.25, -0.2) is 4.79 Å². The van der Waals surface area contributed by atoms with E-state index in [-0.39, 0.29) is 19.0 Å². The fourth-order valence-corrected chi connectivity index (χ4v) is 1.64. The third kappa shape index (κ3) is 6.91. The van der Waals surface area contributed by atoms with E-state index in [9.17, 15) is 9.59 Å². The molecule has 0 spiro atoms. The lowest BCUT2D eigenvalue weighted by atomic mass is 10.4. The van der Waals surface area contributed by atoms with Crippen LogP contribution in [0.15, 0.2) is 22.8 Å². The second-order valence-electron chi connectivity index (χ2n) is 4.51. The summed E-state index contributed by atoms with van der Waals surface area (Å²) in [6, 6.07) is 2.97. The maximum absolute atomic E-state index is 11.6. The number of nitrogens with one attached hydrogen (secondary N) is 3. The molecule has 0 atom stereocenters. The summed E-state index contributed by atoms with van der Waals surface area (Å²) in [6.07, 6.45) is 2.48. The molecule has 7 heteroatoms. The number of hydrogen-bond acceptors (Lipinski definition) is 5. The van der Waals surface area contributed by atoms with Crippen LogP contribution in [0.2, 0.25) is 0 Å². The zero-order valence-corrected chi connectivity index (χ0v) is 11.9. The summed E-state index contributed by atoms with van der Waals surface area (Å²) in [6.45, 7) is 2.14. The first-order chi connectivity index (χ1) is 9.61. The molecule has 1 heterocycles. The Balaban J connectivity index is 2.15. The van der Waals surface area contributed by atoms with Crippen molar-refractivity contribution in [3.63, 3.8) is 0 Å². The van der Waals surface area contributed by atoms with E-state index < -0.39 is 6.03 Å². The molecule has 112 valence electrons. The number of hydrogen-bond donors (Lipinski definition) is 3. The van der Waals surface area contributed by atoms with Crippen molar-refractivity contribution in [3.8, 4) is 0 Å². The molecule has 0 aromatic carbocycles. The van der Waals surface area contributed by atoms with Gasteiger partial charge in [0.25, 0.3) is 0 Å². The van der Waals surface area contributed by atoms with Gasteiger partial charge in [0, 0.05) is 0 Å². The Labute approximate surface area is 118 Å². The number of furan rings is 1. The van der Waals surface area contributed by atoms with Crippen LogP contribution in [0.1, 0.15) is 12.2 Å². The highest BCUT2D eigenvalue weighted by molar-refractivity contribution is 5.95. The summed E-state index contributed by atoms with van der Waals surface area (Å²) in [4.78, 5) is 25.0. The topological polar surface area (TPSA) is 86.6 Å². The molecule has 7 nitrogen and oxygen atoms in total. The smallest absolute Gasteiger partial charge is 0.321 e. The summed E-state index contributed by atoms with van der Waals surface area (Å²) in [7, 11) is 3.73. The zero-order chi connectivity index (χ0) is 14.8. The molecule has 0 saturated carbocycles. The molecule has 0 fully saturated rings. The summed E-state index contributed by atoms with van der Waals surface area (Å²) < 4.78 is 5.07. The Hall–Kier alpha value is -1.86. The minimum absolute atomic E-state index is 0.192. The van der Waals surface area contributed by atoms with Crippen LogP contribution in [-0.4, -0.2) is 50.6 Å². The average molecular weight is 282 g/mol. The molecule has 3 amide bonds. The van der Waals surface area contributed by atoms with Gasteiger partial charge in [0.2, 0.25) is 5.91 Å². The van der Waals surface area contributed by atoms with Crippen LogP contribution in [0.5, 0.6) is 0 Å². The van der Waals surface area contributed by atoms with Gasteiger partial charge in [0.05, 0.1) is 19.4 Å². The van der Waals surface area contributed by atoms with Crippen molar-refractivity contribution in [2.75, 3.05) is 33.7 Å². The number of likely N-dealkylation sites (N-methyl/N-ethyl adjacent to an activating group) is 1. The van der Waals surface area contributed by atoms with Crippen LogP contribution < -0.4 is 16.0 Å². The van der Waals surface area contributed by atoms with E-state index in [1.165, 1.54) is 6.26 Å². The third-order valence-electron chi connectivity index (χ3n) is 2.64. The quantitative estimate of drug-likeness (QED) is 0.591. The molecule has 0 radical (unpaired) electrons. The normalized spacial score (nSPS) is 10.6. The summed E-state index contributed by atoms with van der Waals surface area (Å²) in [5.74, 6) is 0.311. The van der Waals surface area contributed by atoms with Gasteiger partial charge in [-0.15, -0.1) is 0 Å². The van der Waals surface area contributed by atoms with Gasteiger partial charge in [-0.05, 0) is 45.7 Å². The lowest BCUT2D eigenvalue weighted by Gasteiger charge is -2.15. The maximum atomic E-state index is 11.6. The molecule has 1 aromatic heterocycles. The molecule has 0 aliphatic rings. The molecular formula is C13H22N4O3. The number of rotatable bonds is 8. The van der Waals surface area contributed by atoms with E-state index in [2.05, 4.69) is 16.0 Å². The summed E-state index contributed by atoms with van der Waals surface area (Å²) in [5, 5.41) is 7.86. The number of nitrogens with zero attached hydrogens (tertiary/aromatic N) is 1. The zero-order valence-electron chi connectivity index (χ0n) is 11.9. The first kappa shape index (κ1) is 16.2. The van der Waals surface area contributed by atoms with Gasteiger partial charge in [-0.2, -0.15) is 0 Å². The lowest BCUT2D eigenvalue weighted by molar-refractivity contribution is -0.120. The minimum Gasteiger partial charge on any atom is -0.467 e. The third-order valence-corrected chi connectivity index (χ3v) is 2.64. The van der Waals surface area contributed by atoms with E-state index >= 15 is 0 Å². The molecule has 1 rings (SSSR count). The first-order valence-electron chi connectivity index (χ1n) is 6.55. The van der Waals surface area contributed by atoms with Crippen molar-refractivity contribution < 1.29 is 14.0 Å². The van der Waals surface area contributed by atoms with Crippen LogP contribution >= 0.6 is 0 Å². The average Bonchev–Trinajstić information content (AvgIpc) is 2.89. The molecule has 0 aliphatic heterocycles. The van der Waals surface area contributed by atoms with Crippen molar-refractivity contribution in [1.82, 2.24) is 20.9 Å². The van der Waals surface area contributed by atoms with Crippen molar-refractivity contribution in [2.45, 2.75) is 13.0 Å². The highest BCUT2D eigenvalue weighted by atomic mass is 16.3. The van der Waals surface area contributed by atoms with E-state index in [0.717, 1.165) is 19.5 Å². The molecule has 3 N–H and O–H groups in total. The number of amides is 3. The highest BCUT2D eigenvalue weighted by Gasteiger charge is 2.10. The van der Waals surface area contributed by atoms with Gasteiger partial charge in [0.1, 0.15) is 5.76 Å². The molecule has 0 saturated heterocycles. The number of urea groups is 1. The summed E-state index contributed by atoms with van der Waals surface area (Å²) >= 11 is 0. The van der Waals surface area contributed by atoms with Crippen LogP contribution in [0, 0.1) is 0 Å². The maximum Gasteiger partial charge on any atom is 0.321 e. The van der Waals surface area contributed by atoms with Crippen molar-refractivity contribution in [2.24, 2.45) is 0 Å². The molecule has 0 unspecified atom stereocenters. The number of carbonyl (C=O) groups excluding carboxylic acids is 2. The fourth-order valence-electron chi connectivity index (χ4n) is 1.64. The monoisotopic (exact) mass is 282 g/mol. The van der Waals surface area contributed by atoms with E-state index in [1.807, 2.05) is 19.0 Å². The Morgan fingerprint density at radius 3 is 2.85 bits per heavy atom. The first-order valence-corrected chi connectivity index (χ1v) is 6.55. The van der Waals surface area contributed by atoms with Gasteiger partial charge < -0.3 is 15.1 Å². The highest BCUT2D eigenvalue weighted by Crippen LogP contribution is 1.98. The van der Waals surface area contributed by atoms with Crippen molar-refractivity contribution in [3.05, 3.63) is 24.2 Å². The largest absolute Gasteiger partial charge is 0.467 e. The molecule has 0 bridgehead atoms. The van der Waals surface area contributed by atoms with Crippen LogP contribution in [-0.2, 0) is 11.3 Å². The van der Waals surface area contributed by atoms with Gasteiger partial charge in [0.15, 0.2) is 0 Å². The van der Waals surface area contributed by atoms with Crippen molar-refractivity contribution >= 4 is 11.9 Å². The molecule has 0 aliphatic carbocycles. The summed E-state index contributed by atoms with van der Waals surface area (Å²) in [5.41, 5.74) is 0. The Morgan fingerprint density at radius 1 is 1.40 bits per heavy atom. The number of carbonyl (C=O) groups is 2. The molecule has 20 heavy (non-hydrogen) atoms. The lowest BCUT2D eigenvalue weighted by Crippen LogP contribution is -2.43. The van der Waals surface area contributed by atoms with E-state index in [4.69, 9.17) is 4.42 Å². The second kappa shape index (κ2) is 9.11. The van der Waals surface area contributed by atoms with Crippen LogP contribution in [0.25, 0.3) is 0 Å². The fraction of sp³-hybridized carbons (Fsp3) is 0.538.